The van der Waals surface area contributed by atoms with Crippen molar-refractivity contribution in [1.82, 2.24) is 5.32 Å². The van der Waals surface area contributed by atoms with Gasteiger partial charge >= 0.3 is 0 Å². The van der Waals surface area contributed by atoms with Gasteiger partial charge in [0.15, 0.2) is 0 Å². The van der Waals surface area contributed by atoms with Crippen LogP contribution in [0.3, 0.4) is 0 Å². The molecule has 0 aromatic heterocycles. The Labute approximate surface area is 197 Å². The van der Waals surface area contributed by atoms with Crippen molar-refractivity contribution >= 4 is 46.4 Å². The van der Waals surface area contributed by atoms with Gasteiger partial charge in [-0.2, -0.15) is 0 Å². The molecular formula is C23H37Cl3N2O2. The summed E-state index contributed by atoms with van der Waals surface area (Å²) in [7, 11) is 1.57. The summed E-state index contributed by atoms with van der Waals surface area (Å²) in [6, 6.07) is 7.29. The van der Waals surface area contributed by atoms with Gasteiger partial charge in [0.2, 0.25) is 9.70 Å². The van der Waals surface area contributed by atoms with Crippen LogP contribution in [0.1, 0.15) is 84.0 Å². The minimum absolute atomic E-state index is 0.135. The zero-order chi connectivity index (χ0) is 22.2. The van der Waals surface area contributed by atoms with Gasteiger partial charge in [-0.1, -0.05) is 118 Å². The van der Waals surface area contributed by atoms with Gasteiger partial charge in [-0.3, -0.25) is 4.79 Å². The number of hydrogen-bond donors (Lipinski definition) is 2. The summed E-state index contributed by atoms with van der Waals surface area (Å²) in [6.07, 6.45) is 13.2. The second kappa shape index (κ2) is 15.9. The molecule has 0 fully saturated rings. The van der Waals surface area contributed by atoms with Crippen LogP contribution < -0.4 is 15.4 Å². The highest BCUT2D eigenvalue weighted by Crippen LogP contribution is 2.33. The minimum Gasteiger partial charge on any atom is -0.495 e. The summed E-state index contributed by atoms with van der Waals surface area (Å²) in [5, 5.41) is 5.85. The van der Waals surface area contributed by atoms with Crippen LogP contribution in [0.2, 0.25) is 0 Å². The SMILES string of the molecule is CCCCCCCCCCCCCC(=O)N[C@@H](Nc1ccccc1OC)C(Cl)(Cl)Cl. The molecule has 0 aliphatic carbocycles. The smallest absolute Gasteiger partial charge is 0.228 e. The van der Waals surface area contributed by atoms with E-state index in [1.807, 2.05) is 12.1 Å². The predicted octanol–water partition coefficient (Wildman–Crippen LogP) is 7.62. The Balaban J connectivity index is 2.27. The molecule has 1 rings (SSSR count). The van der Waals surface area contributed by atoms with Crippen molar-refractivity contribution in [2.24, 2.45) is 0 Å². The molecule has 0 aliphatic rings. The summed E-state index contributed by atoms with van der Waals surface area (Å²) in [5.74, 6) is 0.473. The summed E-state index contributed by atoms with van der Waals surface area (Å²) in [5.41, 5.74) is 0.645. The number of alkyl halides is 3. The lowest BCUT2D eigenvalue weighted by molar-refractivity contribution is -0.121. The standard InChI is InChI=1S/C23H37Cl3N2O2/c1-3-4-5-6-7-8-9-10-11-12-13-18-21(29)28-22(23(24,25)26)27-19-16-14-15-17-20(19)30-2/h14-17,22,27H,3-13,18H2,1-2H3,(H,28,29)/t22-/m1/s1. The first-order chi connectivity index (χ1) is 14.4. The molecule has 0 saturated heterocycles. The van der Waals surface area contributed by atoms with E-state index in [0.717, 1.165) is 19.3 Å². The van der Waals surface area contributed by atoms with Crippen LogP contribution in [0.4, 0.5) is 5.69 Å². The molecule has 0 bridgehead atoms. The molecule has 4 nitrogen and oxygen atoms in total. The average Bonchev–Trinajstić information content (AvgIpc) is 2.71. The van der Waals surface area contributed by atoms with E-state index in [2.05, 4.69) is 17.6 Å². The zero-order valence-corrected chi connectivity index (χ0v) is 20.6. The van der Waals surface area contributed by atoms with Crippen LogP contribution >= 0.6 is 34.8 Å². The minimum atomic E-state index is -1.70. The van der Waals surface area contributed by atoms with E-state index < -0.39 is 9.96 Å². The number of amides is 1. The van der Waals surface area contributed by atoms with Crippen LogP contribution in [-0.2, 0) is 4.79 Å². The molecule has 1 aromatic rings. The van der Waals surface area contributed by atoms with Crippen LogP contribution in [0.25, 0.3) is 0 Å². The maximum atomic E-state index is 12.3. The maximum Gasteiger partial charge on any atom is 0.228 e. The van der Waals surface area contributed by atoms with E-state index in [1.165, 1.54) is 51.4 Å². The number of unbranched alkanes of at least 4 members (excludes halogenated alkanes) is 10. The molecule has 7 heteroatoms. The van der Waals surface area contributed by atoms with E-state index in [9.17, 15) is 4.79 Å². The van der Waals surface area contributed by atoms with E-state index in [-0.39, 0.29) is 5.91 Å². The largest absolute Gasteiger partial charge is 0.495 e. The monoisotopic (exact) mass is 478 g/mol. The van der Waals surface area contributed by atoms with Crippen molar-refractivity contribution in [3.8, 4) is 5.75 Å². The predicted molar refractivity (Wildman–Crippen MR) is 130 cm³/mol. The molecule has 1 amide bonds. The number of hydrogen-bond acceptors (Lipinski definition) is 3. The number of ether oxygens (including phenoxy) is 1. The molecule has 2 N–H and O–H groups in total. The number of para-hydroxylation sites is 2. The van der Waals surface area contributed by atoms with Crippen LogP contribution in [0.5, 0.6) is 5.75 Å². The number of nitrogens with one attached hydrogen (secondary N) is 2. The van der Waals surface area contributed by atoms with E-state index >= 15 is 0 Å². The van der Waals surface area contributed by atoms with Gasteiger partial charge in [0.1, 0.15) is 11.9 Å². The van der Waals surface area contributed by atoms with Gasteiger partial charge in [-0.05, 0) is 18.6 Å². The second-order valence-corrected chi connectivity index (χ2v) is 10.0. The van der Waals surface area contributed by atoms with E-state index in [1.54, 1.807) is 19.2 Å². The number of carbonyl (C=O) groups is 1. The van der Waals surface area contributed by atoms with Gasteiger partial charge in [-0.15, -0.1) is 0 Å². The number of rotatable bonds is 16. The van der Waals surface area contributed by atoms with Gasteiger partial charge in [-0.25, -0.2) is 0 Å². The first kappa shape index (κ1) is 27.2. The molecule has 1 atom stereocenters. The van der Waals surface area contributed by atoms with Crippen molar-refractivity contribution in [3.63, 3.8) is 0 Å². The summed E-state index contributed by atoms with van der Waals surface area (Å²) >= 11 is 18.2. The third-order valence-corrected chi connectivity index (χ3v) is 5.70. The fourth-order valence-electron chi connectivity index (χ4n) is 3.30. The number of anilines is 1. The van der Waals surface area contributed by atoms with Crippen LogP contribution in [-0.4, -0.2) is 23.0 Å². The lowest BCUT2D eigenvalue weighted by atomic mass is 10.1. The summed E-state index contributed by atoms with van der Waals surface area (Å²) < 4.78 is 3.60. The molecule has 30 heavy (non-hydrogen) atoms. The molecule has 0 radical (unpaired) electrons. The first-order valence-electron chi connectivity index (χ1n) is 11.1. The number of benzene rings is 1. The fraction of sp³-hybridized carbons (Fsp3) is 0.696. The summed E-state index contributed by atoms with van der Waals surface area (Å²) in [6.45, 7) is 2.24. The Morgan fingerprint density at radius 1 is 0.933 bits per heavy atom. The van der Waals surface area contributed by atoms with Crippen molar-refractivity contribution < 1.29 is 9.53 Å². The molecule has 0 spiro atoms. The molecule has 0 aliphatic heterocycles. The molecular weight excluding hydrogens is 443 g/mol. The van der Waals surface area contributed by atoms with Gasteiger partial charge < -0.3 is 15.4 Å². The van der Waals surface area contributed by atoms with Crippen molar-refractivity contribution in [2.75, 3.05) is 12.4 Å². The lowest BCUT2D eigenvalue weighted by Crippen LogP contribution is -2.49. The highest BCUT2D eigenvalue weighted by atomic mass is 35.6. The highest BCUT2D eigenvalue weighted by molar-refractivity contribution is 6.68. The Morgan fingerprint density at radius 3 is 2.00 bits per heavy atom. The van der Waals surface area contributed by atoms with Crippen LogP contribution in [0, 0.1) is 0 Å². The Kier molecular flexibility index (Phi) is 14.4. The summed E-state index contributed by atoms with van der Waals surface area (Å²) in [4.78, 5) is 12.3. The van der Waals surface area contributed by atoms with Crippen LogP contribution in [0.15, 0.2) is 24.3 Å². The molecule has 172 valence electrons. The topological polar surface area (TPSA) is 50.4 Å². The van der Waals surface area contributed by atoms with E-state index in [0.29, 0.717) is 17.9 Å². The van der Waals surface area contributed by atoms with Crippen molar-refractivity contribution in [1.29, 1.82) is 0 Å². The molecule has 0 unspecified atom stereocenters. The molecule has 0 heterocycles. The normalized spacial score (nSPS) is 12.4. The van der Waals surface area contributed by atoms with Gasteiger partial charge in [0.25, 0.3) is 0 Å². The quantitative estimate of drug-likeness (QED) is 0.146. The third-order valence-electron chi connectivity index (χ3n) is 5.05. The fourth-order valence-corrected chi connectivity index (χ4v) is 3.63. The Hall–Kier alpha value is -0.840. The zero-order valence-electron chi connectivity index (χ0n) is 18.3. The van der Waals surface area contributed by atoms with Gasteiger partial charge in [0, 0.05) is 6.42 Å². The first-order valence-corrected chi connectivity index (χ1v) is 12.3. The number of halogens is 3. The third kappa shape index (κ3) is 12.1. The molecule has 0 saturated carbocycles. The van der Waals surface area contributed by atoms with E-state index in [4.69, 9.17) is 39.5 Å². The number of carbonyl (C=O) groups excluding carboxylic acids is 1. The van der Waals surface area contributed by atoms with Crippen molar-refractivity contribution in [3.05, 3.63) is 24.3 Å². The average molecular weight is 480 g/mol. The molecule has 1 aromatic carbocycles. The maximum absolute atomic E-state index is 12.3. The lowest BCUT2D eigenvalue weighted by Gasteiger charge is -2.28. The van der Waals surface area contributed by atoms with Gasteiger partial charge in [0.05, 0.1) is 12.8 Å². The Morgan fingerprint density at radius 2 is 1.47 bits per heavy atom. The number of methoxy groups -OCH3 is 1. The highest BCUT2D eigenvalue weighted by Gasteiger charge is 2.34. The Bertz CT molecular complexity index is 594. The second-order valence-electron chi connectivity index (χ2n) is 7.67. The van der Waals surface area contributed by atoms with Crippen molar-refractivity contribution in [2.45, 2.75) is 93.9 Å².